The lowest BCUT2D eigenvalue weighted by atomic mass is 10.0. The topological polar surface area (TPSA) is 74.6 Å². The first-order valence-electron chi connectivity index (χ1n) is 11.7. The largest absolute Gasteiger partial charge is 0.481 e. The normalized spacial score (nSPS) is 12.5. The van der Waals surface area contributed by atoms with Crippen LogP contribution in [0.3, 0.4) is 0 Å². The summed E-state index contributed by atoms with van der Waals surface area (Å²) in [6, 6.07) is 0. The molecule has 0 aliphatic rings. The van der Waals surface area contributed by atoms with Gasteiger partial charge in [-0.2, -0.15) is 0 Å². The van der Waals surface area contributed by atoms with Crippen molar-refractivity contribution in [1.29, 1.82) is 0 Å². The molecule has 0 heterocycles. The van der Waals surface area contributed by atoms with Crippen LogP contribution in [0.15, 0.2) is 12.2 Å². The van der Waals surface area contributed by atoms with Crippen LogP contribution in [-0.2, 0) is 9.59 Å². The Kier molecular flexibility index (Phi) is 19.5. The first-order valence-corrected chi connectivity index (χ1v) is 11.7. The zero-order valence-electron chi connectivity index (χ0n) is 18.2. The van der Waals surface area contributed by atoms with Crippen LogP contribution in [0.2, 0.25) is 0 Å². The molecule has 0 aliphatic carbocycles. The van der Waals surface area contributed by atoms with Gasteiger partial charge < -0.3 is 10.2 Å². The number of hydrogen-bond acceptors (Lipinski definition) is 2. The van der Waals surface area contributed by atoms with Crippen LogP contribution >= 0.6 is 0 Å². The van der Waals surface area contributed by atoms with E-state index < -0.39 is 17.9 Å². The fourth-order valence-electron chi connectivity index (χ4n) is 3.50. The Morgan fingerprint density at radius 1 is 0.679 bits per heavy atom. The summed E-state index contributed by atoms with van der Waals surface area (Å²) in [5.74, 6) is -3.04. The van der Waals surface area contributed by atoms with Crippen LogP contribution in [0.1, 0.15) is 122 Å². The van der Waals surface area contributed by atoms with E-state index in [-0.39, 0.29) is 6.42 Å². The van der Waals surface area contributed by atoms with Gasteiger partial charge in [0.25, 0.3) is 0 Å². The third kappa shape index (κ3) is 19.4. The molecule has 1 atom stereocenters. The first kappa shape index (κ1) is 26.7. The van der Waals surface area contributed by atoms with Gasteiger partial charge in [0.15, 0.2) is 0 Å². The Morgan fingerprint density at radius 2 is 1.07 bits per heavy atom. The van der Waals surface area contributed by atoms with Gasteiger partial charge in [-0.25, -0.2) is 0 Å². The second-order valence-corrected chi connectivity index (χ2v) is 8.06. The molecule has 4 nitrogen and oxygen atoms in total. The number of allylic oxidation sites excluding steroid dienone is 1. The molecule has 2 N–H and O–H groups in total. The maximum Gasteiger partial charge on any atom is 0.310 e. The van der Waals surface area contributed by atoms with Gasteiger partial charge in [0.05, 0.1) is 12.3 Å². The number of rotatable bonds is 21. The highest BCUT2D eigenvalue weighted by Crippen LogP contribution is 2.14. The van der Waals surface area contributed by atoms with Gasteiger partial charge in [0.1, 0.15) is 0 Å². The zero-order chi connectivity index (χ0) is 20.9. The molecule has 1 unspecified atom stereocenters. The van der Waals surface area contributed by atoms with Crippen molar-refractivity contribution in [2.24, 2.45) is 5.92 Å². The molecule has 0 aromatic heterocycles. The van der Waals surface area contributed by atoms with E-state index in [1.165, 1.54) is 102 Å². The molecule has 0 radical (unpaired) electrons. The fraction of sp³-hybridized carbons (Fsp3) is 0.833. The minimum absolute atomic E-state index is 0.342. The van der Waals surface area contributed by atoms with E-state index in [2.05, 4.69) is 6.92 Å². The van der Waals surface area contributed by atoms with Gasteiger partial charge in [0, 0.05) is 0 Å². The number of carboxylic acids is 2. The number of carboxylic acid groups (broad SMARTS) is 2. The second kappa shape index (κ2) is 20.4. The molecule has 0 spiro atoms. The third-order valence-electron chi connectivity index (χ3n) is 5.30. The standard InChI is InChI=1S/C24H44O4/c1-2-3-4-5-6-7-8-9-10-11-12-13-14-15-16-17-18-19-20-22(24(27)28)21-23(25)26/h19-20,22H,2-18,21H2,1H3,(H,25,26)(H,27,28)/b20-19+. The summed E-state index contributed by atoms with van der Waals surface area (Å²) >= 11 is 0. The van der Waals surface area contributed by atoms with Crippen LogP contribution in [-0.4, -0.2) is 22.2 Å². The monoisotopic (exact) mass is 396 g/mol. The summed E-state index contributed by atoms with van der Waals surface area (Å²) in [6.45, 7) is 2.27. The zero-order valence-corrected chi connectivity index (χ0v) is 18.2. The lowest BCUT2D eigenvalue weighted by molar-refractivity contribution is -0.146. The SMILES string of the molecule is CCCCCCCCCCCCCCCCCC/C=C/C(CC(=O)O)C(=O)O. The molecule has 0 saturated carbocycles. The Labute approximate surface area is 172 Å². The minimum Gasteiger partial charge on any atom is -0.481 e. The highest BCUT2D eigenvalue weighted by atomic mass is 16.4. The van der Waals surface area contributed by atoms with Crippen LogP contribution < -0.4 is 0 Å². The Balaban J connectivity index is 3.32. The van der Waals surface area contributed by atoms with Crippen molar-refractivity contribution >= 4 is 11.9 Å². The quantitative estimate of drug-likeness (QED) is 0.157. The van der Waals surface area contributed by atoms with Gasteiger partial charge >= 0.3 is 11.9 Å². The molecule has 0 aromatic rings. The molecule has 0 amide bonds. The van der Waals surface area contributed by atoms with Gasteiger partial charge in [0.2, 0.25) is 0 Å². The highest BCUT2D eigenvalue weighted by Gasteiger charge is 2.17. The molecule has 164 valence electrons. The Bertz CT molecular complexity index is 403. The summed E-state index contributed by atoms with van der Waals surface area (Å²) in [6.07, 6.45) is 25.3. The van der Waals surface area contributed by atoms with Crippen molar-refractivity contribution in [3.8, 4) is 0 Å². The van der Waals surface area contributed by atoms with E-state index in [1.807, 2.05) is 6.08 Å². The molecule has 0 rings (SSSR count). The maximum atomic E-state index is 10.9. The number of hydrogen-bond donors (Lipinski definition) is 2. The van der Waals surface area contributed by atoms with Crippen molar-refractivity contribution in [3.05, 3.63) is 12.2 Å². The van der Waals surface area contributed by atoms with E-state index in [9.17, 15) is 9.59 Å². The summed E-state index contributed by atoms with van der Waals surface area (Å²) < 4.78 is 0. The van der Waals surface area contributed by atoms with E-state index in [0.717, 1.165) is 12.8 Å². The Hall–Kier alpha value is -1.32. The molecule has 0 bridgehead atoms. The molecule has 0 saturated heterocycles. The van der Waals surface area contributed by atoms with Gasteiger partial charge in [-0.15, -0.1) is 0 Å². The number of carbonyl (C=O) groups is 2. The van der Waals surface area contributed by atoms with Gasteiger partial charge in [-0.1, -0.05) is 115 Å². The molecule has 0 aliphatic heterocycles. The second-order valence-electron chi connectivity index (χ2n) is 8.06. The van der Waals surface area contributed by atoms with E-state index in [4.69, 9.17) is 10.2 Å². The molecular formula is C24H44O4. The molecule has 0 aromatic carbocycles. The fourth-order valence-corrected chi connectivity index (χ4v) is 3.50. The molecule has 4 heteroatoms. The lowest BCUT2D eigenvalue weighted by Crippen LogP contribution is -2.15. The number of aliphatic carboxylic acids is 2. The van der Waals surface area contributed by atoms with Crippen LogP contribution in [0.25, 0.3) is 0 Å². The predicted molar refractivity (Wildman–Crippen MR) is 117 cm³/mol. The molecule has 28 heavy (non-hydrogen) atoms. The van der Waals surface area contributed by atoms with Gasteiger partial charge in [-0.3, -0.25) is 9.59 Å². The summed E-state index contributed by atoms with van der Waals surface area (Å²) in [7, 11) is 0. The van der Waals surface area contributed by atoms with Crippen molar-refractivity contribution in [3.63, 3.8) is 0 Å². The van der Waals surface area contributed by atoms with Crippen LogP contribution in [0.5, 0.6) is 0 Å². The maximum absolute atomic E-state index is 10.9. The van der Waals surface area contributed by atoms with Crippen molar-refractivity contribution in [2.45, 2.75) is 122 Å². The molecular weight excluding hydrogens is 352 g/mol. The van der Waals surface area contributed by atoms with Gasteiger partial charge in [-0.05, 0) is 12.8 Å². The average Bonchev–Trinajstić information content (AvgIpc) is 2.65. The van der Waals surface area contributed by atoms with Crippen LogP contribution in [0, 0.1) is 5.92 Å². The highest BCUT2D eigenvalue weighted by molar-refractivity contribution is 5.79. The van der Waals surface area contributed by atoms with E-state index in [1.54, 1.807) is 0 Å². The van der Waals surface area contributed by atoms with E-state index in [0.29, 0.717) is 0 Å². The predicted octanol–water partition coefficient (Wildman–Crippen LogP) is 7.37. The van der Waals surface area contributed by atoms with Crippen LogP contribution in [0.4, 0.5) is 0 Å². The average molecular weight is 397 g/mol. The third-order valence-corrected chi connectivity index (χ3v) is 5.30. The summed E-state index contributed by atoms with van der Waals surface area (Å²) in [4.78, 5) is 21.5. The summed E-state index contributed by atoms with van der Waals surface area (Å²) in [5, 5.41) is 17.6. The lowest BCUT2D eigenvalue weighted by Gasteiger charge is -2.04. The van der Waals surface area contributed by atoms with Crippen molar-refractivity contribution in [2.75, 3.05) is 0 Å². The first-order chi connectivity index (χ1) is 13.6. The molecule has 0 fully saturated rings. The Morgan fingerprint density at radius 3 is 1.43 bits per heavy atom. The van der Waals surface area contributed by atoms with Crippen molar-refractivity contribution in [1.82, 2.24) is 0 Å². The number of unbranched alkanes of at least 4 members (excludes halogenated alkanes) is 16. The van der Waals surface area contributed by atoms with Crippen molar-refractivity contribution < 1.29 is 19.8 Å². The van der Waals surface area contributed by atoms with E-state index >= 15 is 0 Å². The smallest absolute Gasteiger partial charge is 0.310 e. The minimum atomic E-state index is -1.07. The summed E-state index contributed by atoms with van der Waals surface area (Å²) in [5.41, 5.74) is 0.